The first-order valence-corrected chi connectivity index (χ1v) is 6.51. The number of hydrogen-bond donors (Lipinski definition) is 1. The van der Waals surface area contributed by atoms with Gasteiger partial charge in [0.15, 0.2) is 0 Å². The van der Waals surface area contributed by atoms with Crippen molar-refractivity contribution in [1.82, 2.24) is 0 Å². The van der Waals surface area contributed by atoms with Crippen LogP contribution in [0.25, 0.3) is 0 Å². The topological polar surface area (TPSA) is 12.0 Å². The number of nitrogens with one attached hydrogen (secondary N) is 1. The first-order valence-electron chi connectivity index (χ1n) is 5.43. The largest absolute Gasteiger partial charge is 0.378 e. The van der Waals surface area contributed by atoms with Crippen molar-refractivity contribution in [3.63, 3.8) is 0 Å². The monoisotopic (exact) mass is 341 g/mol. The van der Waals surface area contributed by atoms with Gasteiger partial charge in [0.25, 0.3) is 0 Å². The molecule has 2 rings (SSSR count). The van der Waals surface area contributed by atoms with Gasteiger partial charge in [-0.2, -0.15) is 0 Å². The van der Waals surface area contributed by atoms with Crippen LogP contribution >= 0.6 is 22.6 Å². The van der Waals surface area contributed by atoms with E-state index in [1.807, 2.05) is 18.2 Å². The highest BCUT2D eigenvalue weighted by molar-refractivity contribution is 14.1. The summed E-state index contributed by atoms with van der Waals surface area (Å²) in [5, 5.41) is 3.38. The zero-order valence-corrected chi connectivity index (χ0v) is 11.6. The molecule has 2 aromatic rings. The van der Waals surface area contributed by atoms with Crippen molar-refractivity contribution in [1.29, 1.82) is 0 Å². The Bertz CT molecular complexity index is 499. The van der Waals surface area contributed by atoms with Gasteiger partial charge in [-0.1, -0.05) is 30.3 Å². The van der Waals surface area contributed by atoms with Crippen LogP contribution in [0.2, 0.25) is 0 Å². The van der Waals surface area contributed by atoms with Gasteiger partial charge >= 0.3 is 0 Å². The molecule has 0 spiro atoms. The zero-order chi connectivity index (χ0) is 12.3. The van der Waals surface area contributed by atoms with Crippen LogP contribution in [0.4, 0.5) is 10.1 Å². The fraction of sp³-hybridized carbons (Fsp3) is 0.143. The standard InChI is InChI=1S/C14H13FIN/c1-10(11-5-3-2-4-6-11)17-14-8-7-12(15)9-13(14)16/h2-10,17H,1H3. The lowest BCUT2D eigenvalue weighted by atomic mass is 10.1. The summed E-state index contributed by atoms with van der Waals surface area (Å²) in [7, 11) is 0. The number of rotatable bonds is 3. The van der Waals surface area contributed by atoms with Crippen LogP contribution in [0.5, 0.6) is 0 Å². The molecule has 0 fully saturated rings. The molecule has 0 saturated carbocycles. The zero-order valence-electron chi connectivity index (χ0n) is 9.45. The van der Waals surface area contributed by atoms with Gasteiger partial charge in [0.2, 0.25) is 0 Å². The molecule has 88 valence electrons. The van der Waals surface area contributed by atoms with E-state index in [1.54, 1.807) is 6.07 Å². The highest BCUT2D eigenvalue weighted by Crippen LogP contribution is 2.24. The second kappa shape index (κ2) is 5.49. The lowest BCUT2D eigenvalue weighted by Gasteiger charge is -2.16. The van der Waals surface area contributed by atoms with Crippen LogP contribution in [0.3, 0.4) is 0 Å². The van der Waals surface area contributed by atoms with E-state index >= 15 is 0 Å². The van der Waals surface area contributed by atoms with Crippen LogP contribution in [0, 0.1) is 9.39 Å². The van der Waals surface area contributed by atoms with Gasteiger partial charge in [-0.3, -0.25) is 0 Å². The number of benzene rings is 2. The molecule has 0 aromatic heterocycles. The average molecular weight is 341 g/mol. The summed E-state index contributed by atoms with van der Waals surface area (Å²) in [6.07, 6.45) is 0. The molecule has 1 N–H and O–H groups in total. The van der Waals surface area contributed by atoms with E-state index in [9.17, 15) is 4.39 Å². The van der Waals surface area contributed by atoms with Gasteiger partial charge in [-0.25, -0.2) is 4.39 Å². The average Bonchev–Trinajstić information content (AvgIpc) is 2.34. The summed E-state index contributed by atoms with van der Waals surface area (Å²) >= 11 is 2.14. The number of anilines is 1. The Balaban J connectivity index is 2.16. The lowest BCUT2D eigenvalue weighted by molar-refractivity contribution is 0.627. The van der Waals surface area contributed by atoms with E-state index in [4.69, 9.17) is 0 Å². The normalized spacial score (nSPS) is 12.2. The third-order valence-corrected chi connectivity index (χ3v) is 3.50. The molecule has 0 heterocycles. The van der Waals surface area contributed by atoms with Gasteiger partial charge in [-0.05, 0) is 53.3 Å². The molecule has 0 aliphatic carbocycles. The molecule has 0 saturated heterocycles. The number of halogens is 2. The summed E-state index contributed by atoms with van der Waals surface area (Å²) in [6, 6.07) is 15.2. The van der Waals surface area contributed by atoms with Crippen molar-refractivity contribution in [3.8, 4) is 0 Å². The van der Waals surface area contributed by atoms with E-state index in [1.165, 1.54) is 17.7 Å². The Hall–Kier alpha value is -1.10. The summed E-state index contributed by atoms with van der Waals surface area (Å²) in [6.45, 7) is 2.09. The van der Waals surface area contributed by atoms with Crippen molar-refractivity contribution >= 4 is 28.3 Å². The van der Waals surface area contributed by atoms with E-state index in [0.29, 0.717) is 0 Å². The first-order chi connectivity index (χ1) is 8.16. The van der Waals surface area contributed by atoms with Crippen molar-refractivity contribution < 1.29 is 4.39 Å². The summed E-state index contributed by atoms with van der Waals surface area (Å²) in [4.78, 5) is 0. The molecular formula is C14H13FIN. The predicted octanol–water partition coefficient (Wildman–Crippen LogP) is 4.60. The van der Waals surface area contributed by atoms with E-state index < -0.39 is 0 Å². The van der Waals surface area contributed by atoms with Crippen LogP contribution in [0.1, 0.15) is 18.5 Å². The van der Waals surface area contributed by atoms with Crippen LogP contribution in [0.15, 0.2) is 48.5 Å². The molecule has 3 heteroatoms. The molecule has 2 aromatic carbocycles. The van der Waals surface area contributed by atoms with Crippen LogP contribution < -0.4 is 5.32 Å². The summed E-state index contributed by atoms with van der Waals surface area (Å²) < 4.78 is 13.9. The molecule has 0 amide bonds. The lowest BCUT2D eigenvalue weighted by Crippen LogP contribution is -2.07. The third-order valence-electron chi connectivity index (χ3n) is 2.60. The van der Waals surface area contributed by atoms with Crippen molar-refractivity contribution in [2.24, 2.45) is 0 Å². The number of hydrogen-bond acceptors (Lipinski definition) is 1. The maximum Gasteiger partial charge on any atom is 0.124 e. The smallest absolute Gasteiger partial charge is 0.124 e. The van der Waals surface area contributed by atoms with Crippen LogP contribution in [-0.2, 0) is 0 Å². The van der Waals surface area contributed by atoms with Gasteiger partial charge < -0.3 is 5.32 Å². The first kappa shape index (κ1) is 12.4. The quantitative estimate of drug-likeness (QED) is 0.805. The Morgan fingerprint density at radius 3 is 2.47 bits per heavy atom. The molecule has 1 atom stereocenters. The molecule has 1 unspecified atom stereocenters. The Morgan fingerprint density at radius 2 is 1.82 bits per heavy atom. The van der Waals surface area contributed by atoms with Crippen molar-refractivity contribution in [2.45, 2.75) is 13.0 Å². The van der Waals surface area contributed by atoms with E-state index in [-0.39, 0.29) is 11.9 Å². The maximum atomic E-state index is 13.0. The second-order valence-corrected chi connectivity index (χ2v) is 5.06. The molecule has 1 nitrogen and oxygen atoms in total. The molecule has 0 aliphatic heterocycles. The van der Waals surface area contributed by atoms with Gasteiger partial charge in [-0.15, -0.1) is 0 Å². The fourth-order valence-electron chi connectivity index (χ4n) is 1.66. The highest BCUT2D eigenvalue weighted by atomic mass is 127. The molecule has 0 bridgehead atoms. The van der Waals surface area contributed by atoms with Crippen molar-refractivity contribution in [3.05, 3.63) is 63.5 Å². The summed E-state index contributed by atoms with van der Waals surface area (Å²) in [5.41, 5.74) is 2.18. The van der Waals surface area contributed by atoms with E-state index in [0.717, 1.165) is 9.26 Å². The summed E-state index contributed by atoms with van der Waals surface area (Å²) in [5.74, 6) is -0.202. The predicted molar refractivity (Wildman–Crippen MR) is 77.6 cm³/mol. The molecule has 0 radical (unpaired) electrons. The maximum absolute atomic E-state index is 13.0. The minimum absolute atomic E-state index is 0.202. The Kier molecular flexibility index (Phi) is 3.99. The second-order valence-electron chi connectivity index (χ2n) is 3.90. The Morgan fingerprint density at radius 1 is 1.12 bits per heavy atom. The van der Waals surface area contributed by atoms with Gasteiger partial charge in [0, 0.05) is 15.3 Å². The molecule has 0 aliphatic rings. The Labute approximate surface area is 114 Å². The van der Waals surface area contributed by atoms with Crippen molar-refractivity contribution in [2.75, 3.05) is 5.32 Å². The minimum atomic E-state index is -0.202. The minimum Gasteiger partial charge on any atom is -0.378 e. The van der Waals surface area contributed by atoms with Crippen LogP contribution in [-0.4, -0.2) is 0 Å². The SMILES string of the molecule is CC(Nc1ccc(F)cc1I)c1ccccc1. The third kappa shape index (κ3) is 3.19. The van der Waals surface area contributed by atoms with Gasteiger partial charge in [0.05, 0.1) is 0 Å². The van der Waals surface area contributed by atoms with Gasteiger partial charge in [0.1, 0.15) is 5.82 Å². The fourth-order valence-corrected chi connectivity index (χ4v) is 2.30. The van der Waals surface area contributed by atoms with E-state index in [2.05, 4.69) is 47.0 Å². The highest BCUT2D eigenvalue weighted by Gasteiger charge is 2.07. The molecule has 17 heavy (non-hydrogen) atoms. The molecular weight excluding hydrogens is 328 g/mol.